The summed E-state index contributed by atoms with van der Waals surface area (Å²) in [6.45, 7) is 2.78. The summed E-state index contributed by atoms with van der Waals surface area (Å²) in [4.78, 5) is 42.2. The van der Waals surface area contributed by atoms with Gasteiger partial charge in [-0.3, -0.25) is 14.4 Å². The van der Waals surface area contributed by atoms with Gasteiger partial charge in [-0.25, -0.2) is 4.98 Å². The number of piperidine rings is 1. The predicted molar refractivity (Wildman–Crippen MR) is 113 cm³/mol. The first-order valence-corrected chi connectivity index (χ1v) is 9.89. The first-order valence-electron chi connectivity index (χ1n) is 9.89. The quantitative estimate of drug-likeness (QED) is 0.679. The smallest absolute Gasteiger partial charge is 0.309 e. The molecule has 3 N–H and O–H groups in total. The van der Waals surface area contributed by atoms with Crippen molar-refractivity contribution >= 4 is 29.3 Å². The fraction of sp³-hybridized carbons (Fsp3) is 0.318. The van der Waals surface area contributed by atoms with E-state index in [-0.39, 0.29) is 5.92 Å². The number of aromatic nitrogens is 1. The maximum absolute atomic E-state index is 12.5. The Bertz CT molecular complexity index is 990. The van der Waals surface area contributed by atoms with Crippen molar-refractivity contribution in [2.45, 2.75) is 25.9 Å². The normalized spacial score (nSPS) is 14.9. The van der Waals surface area contributed by atoms with Gasteiger partial charge in [0, 0.05) is 30.5 Å². The van der Waals surface area contributed by atoms with Crippen LogP contribution in [0.25, 0.3) is 0 Å². The number of pyridine rings is 1. The first kappa shape index (κ1) is 21.8. The molecule has 2 heterocycles. The van der Waals surface area contributed by atoms with Gasteiger partial charge >= 0.3 is 5.97 Å². The topological polar surface area (TPSA) is 138 Å². The molecule has 9 heteroatoms. The van der Waals surface area contributed by atoms with Crippen LogP contribution in [0.1, 0.15) is 35.7 Å². The molecule has 0 bridgehead atoms. The number of rotatable bonds is 6. The van der Waals surface area contributed by atoms with Crippen molar-refractivity contribution in [1.82, 2.24) is 4.98 Å². The lowest BCUT2D eigenvalue weighted by atomic mass is 9.97. The predicted octanol–water partition coefficient (Wildman–Crippen LogP) is 1.84. The second-order valence-corrected chi connectivity index (χ2v) is 7.29. The number of nitrogens with zero attached hydrogens (tertiary/aromatic N) is 3. The van der Waals surface area contributed by atoms with E-state index >= 15 is 0 Å². The van der Waals surface area contributed by atoms with E-state index in [1.165, 1.54) is 25.3 Å². The molecule has 0 spiro atoms. The van der Waals surface area contributed by atoms with E-state index in [1.54, 1.807) is 24.3 Å². The molecule has 2 aromatic rings. The average Bonchev–Trinajstić information content (AvgIpc) is 2.79. The van der Waals surface area contributed by atoms with Crippen molar-refractivity contribution in [2.24, 2.45) is 11.7 Å². The minimum absolute atomic E-state index is 0.292. The molecule has 31 heavy (non-hydrogen) atoms. The zero-order valence-electron chi connectivity index (χ0n) is 17.1. The number of ether oxygens (including phenoxy) is 1. The van der Waals surface area contributed by atoms with Gasteiger partial charge in [-0.2, -0.15) is 5.26 Å². The number of carbonyl (C=O) groups excluding carboxylic acids is 3. The zero-order valence-corrected chi connectivity index (χ0v) is 17.1. The molecule has 1 fully saturated rings. The Kier molecular flexibility index (Phi) is 6.82. The number of esters is 1. The lowest BCUT2D eigenvalue weighted by molar-refractivity contribution is -0.157. The fourth-order valence-electron chi connectivity index (χ4n) is 3.27. The van der Waals surface area contributed by atoms with Crippen molar-refractivity contribution in [2.75, 3.05) is 23.3 Å². The van der Waals surface area contributed by atoms with Crippen molar-refractivity contribution in [1.29, 1.82) is 5.26 Å². The first-order chi connectivity index (χ1) is 14.9. The van der Waals surface area contributed by atoms with Crippen LogP contribution in [0.3, 0.4) is 0 Å². The molecular weight excluding hydrogens is 398 g/mol. The van der Waals surface area contributed by atoms with Crippen LogP contribution in [-0.4, -0.2) is 42.0 Å². The van der Waals surface area contributed by atoms with E-state index in [0.29, 0.717) is 42.7 Å². The summed E-state index contributed by atoms with van der Waals surface area (Å²) in [5.74, 6) is -0.944. The Morgan fingerprint density at radius 1 is 1.19 bits per heavy atom. The van der Waals surface area contributed by atoms with Crippen molar-refractivity contribution in [3.63, 3.8) is 0 Å². The summed E-state index contributed by atoms with van der Waals surface area (Å²) in [5.41, 5.74) is 6.50. The highest BCUT2D eigenvalue weighted by molar-refractivity contribution is 5.96. The number of nitrogens with one attached hydrogen (secondary N) is 1. The molecule has 1 aromatic carbocycles. The molecular formula is C22H23N5O4. The Labute approximate surface area is 179 Å². The Morgan fingerprint density at radius 2 is 1.87 bits per heavy atom. The summed E-state index contributed by atoms with van der Waals surface area (Å²) >= 11 is 0. The van der Waals surface area contributed by atoms with Gasteiger partial charge in [0.1, 0.15) is 11.9 Å². The fourth-order valence-corrected chi connectivity index (χ4v) is 3.27. The molecule has 0 radical (unpaired) electrons. The standard InChI is InChI=1S/C22H23N5O4/c1-14(21(29)26-18-5-3-16(4-6-18)20(24)28)31-22(30)17-8-10-27(11-9-17)19-7-2-15(12-23)13-25-19/h2-7,13-14,17H,8-11H2,1H3,(H2,24,28)(H,26,29). The molecule has 0 aliphatic carbocycles. The van der Waals surface area contributed by atoms with Crippen molar-refractivity contribution in [3.05, 3.63) is 53.7 Å². The van der Waals surface area contributed by atoms with Gasteiger partial charge in [0.2, 0.25) is 5.91 Å². The molecule has 3 rings (SSSR count). The third-order valence-electron chi connectivity index (χ3n) is 5.13. The summed E-state index contributed by atoms with van der Waals surface area (Å²) in [7, 11) is 0. The van der Waals surface area contributed by atoms with E-state index in [2.05, 4.69) is 15.2 Å². The third kappa shape index (κ3) is 5.57. The highest BCUT2D eigenvalue weighted by atomic mass is 16.5. The summed E-state index contributed by atoms with van der Waals surface area (Å²) in [5, 5.41) is 11.5. The number of nitriles is 1. The number of carbonyl (C=O) groups is 3. The van der Waals surface area contributed by atoms with E-state index in [1.807, 2.05) is 6.07 Å². The van der Waals surface area contributed by atoms with Crippen LogP contribution in [0.5, 0.6) is 0 Å². The minimum Gasteiger partial charge on any atom is -0.452 e. The lowest BCUT2D eigenvalue weighted by Gasteiger charge is -2.32. The van der Waals surface area contributed by atoms with Crippen molar-refractivity contribution in [3.8, 4) is 6.07 Å². The highest BCUT2D eigenvalue weighted by Gasteiger charge is 2.29. The van der Waals surface area contributed by atoms with Crippen LogP contribution in [0, 0.1) is 17.2 Å². The second-order valence-electron chi connectivity index (χ2n) is 7.29. The van der Waals surface area contributed by atoms with Crippen LogP contribution in [0.15, 0.2) is 42.6 Å². The van der Waals surface area contributed by atoms with Gasteiger partial charge in [0.05, 0.1) is 11.5 Å². The van der Waals surface area contributed by atoms with Gasteiger partial charge < -0.3 is 20.7 Å². The molecule has 1 aliphatic heterocycles. The Morgan fingerprint density at radius 3 is 2.42 bits per heavy atom. The third-order valence-corrected chi connectivity index (χ3v) is 5.13. The average molecular weight is 421 g/mol. The summed E-state index contributed by atoms with van der Waals surface area (Å²) in [6.07, 6.45) is 1.74. The molecule has 2 amide bonds. The molecule has 1 aromatic heterocycles. The minimum atomic E-state index is -0.957. The number of hydrogen-bond donors (Lipinski definition) is 2. The maximum atomic E-state index is 12.5. The van der Waals surface area contributed by atoms with E-state index in [4.69, 9.17) is 15.7 Å². The SMILES string of the molecule is CC(OC(=O)C1CCN(c2ccc(C#N)cn2)CC1)C(=O)Nc1ccc(C(N)=O)cc1. The zero-order chi connectivity index (χ0) is 22.4. The highest BCUT2D eigenvalue weighted by Crippen LogP contribution is 2.23. The Balaban J connectivity index is 1.47. The number of primary amides is 1. The Hall–Kier alpha value is -3.93. The number of hydrogen-bond acceptors (Lipinski definition) is 7. The van der Waals surface area contributed by atoms with E-state index < -0.39 is 23.9 Å². The van der Waals surface area contributed by atoms with E-state index in [0.717, 1.165) is 5.82 Å². The van der Waals surface area contributed by atoms with Crippen LogP contribution < -0.4 is 16.0 Å². The van der Waals surface area contributed by atoms with E-state index in [9.17, 15) is 14.4 Å². The van der Waals surface area contributed by atoms with Crippen LogP contribution in [0.2, 0.25) is 0 Å². The van der Waals surface area contributed by atoms with Crippen LogP contribution in [-0.2, 0) is 14.3 Å². The molecule has 9 nitrogen and oxygen atoms in total. The molecule has 0 saturated carbocycles. The van der Waals surface area contributed by atoms with Gasteiger partial charge in [0.15, 0.2) is 6.10 Å². The van der Waals surface area contributed by atoms with Crippen LogP contribution in [0.4, 0.5) is 11.5 Å². The summed E-state index contributed by atoms with van der Waals surface area (Å²) in [6, 6.07) is 11.7. The van der Waals surface area contributed by atoms with Crippen molar-refractivity contribution < 1.29 is 19.1 Å². The number of anilines is 2. The monoisotopic (exact) mass is 421 g/mol. The molecule has 1 aliphatic rings. The summed E-state index contributed by atoms with van der Waals surface area (Å²) < 4.78 is 5.36. The van der Waals surface area contributed by atoms with Gasteiger partial charge in [-0.05, 0) is 56.2 Å². The molecule has 1 saturated heterocycles. The van der Waals surface area contributed by atoms with Gasteiger partial charge in [0.25, 0.3) is 5.91 Å². The lowest BCUT2D eigenvalue weighted by Crippen LogP contribution is -2.39. The van der Waals surface area contributed by atoms with Crippen LogP contribution >= 0.6 is 0 Å². The largest absolute Gasteiger partial charge is 0.452 e. The van der Waals surface area contributed by atoms with Gasteiger partial charge in [-0.1, -0.05) is 0 Å². The second kappa shape index (κ2) is 9.71. The number of amides is 2. The number of nitrogens with two attached hydrogens (primary N) is 1. The maximum Gasteiger partial charge on any atom is 0.309 e. The molecule has 1 unspecified atom stereocenters. The number of benzene rings is 1. The molecule has 1 atom stereocenters. The molecule has 160 valence electrons. The van der Waals surface area contributed by atoms with Gasteiger partial charge in [-0.15, -0.1) is 0 Å².